The van der Waals surface area contributed by atoms with Crippen LogP contribution in [0, 0.1) is 0 Å². The largest absolute Gasteiger partial charge is 0.462 e. The molecule has 0 aliphatic rings. The fraction of sp³-hybridized carbons (Fsp3) is 0.854. The molecule has 270 valence electrons. The van der Waals surface area contributed by atoms with Crippen LogP contribution >= 0.6 is 0 Å². The lowest BCUT2D eigenvalue weighted by Gasteiger charge is -2.18. The molecule has 0 aliphatic heterocycles. The normalized spacial score (nSPS) is 12.3. The molecule has 1 atom stereocenters. The molecule has 0 saturated heterocycles. The minimum absolute atomic E-state index is 0.0810. The zero-order valence-electron chi connectivity index (χ0n) is 30.8. The Hall–Kier alpha value is -1.62. The number of hydrogen-bond donors (Lipinski definition) is 0. The highest BCUT2D eigenvalue weighted by Gasteiger charge is 2.17. The maximum absolute atomic E-state index is 12.6. The third-order valence-electron chi connectivity index (χ3n) is 8.46. The third kappa shape index (κ3) is 35.2. The summed E-state index contributed by atoms with van der Waals surface area (Å²) < 4.78 is 17.1. The SMILES string of the molecule is CCCC/C=C\CCCCCCCC(=O)OC(COCCCCCCCC)COC(=O)CCCCCCC/C=C\CCCCCC. The van der Waals surface area contributed by atoms with E-state index in [9.17, 15) is 9.59 Å². The van der Waals surface area contributed by atoms with Gasteiger partial charge in [0.15, 0.2) is 6.10 Å². The van der Waals surface area contributed by atoms with Crippen molar-refractivity contribution in [3.05, 3.63) is 24.3 Å². The molecule has 5 heteroatoms. The molecule has 46 heavy (non-hydrogen) atoms. The molecule has 0 N–H and O–H groups in total. The Bertz CT molecular complexity index is 701. The number of allylic oxidation sites excluding steroid dienone is 4. The molecular weight excluding hydrogens is 572 g/mol. The lowest BCUT2D eigenvalue weighted by atomic mass is 10.1. The summed E-state index contributed by atoms with van der Waals surface area (Å²) in [5.41, 5.74) is 0. The molecule has 0 aromatic carbocycles. The van der Waals surface area contributed by atoms with Gasteiger partial charge in [-0.25, -0.2) is 0 Å². The van der Waals surface area contributed by atoms with Crippen LogP contribution in [-0.4, -0.2) is 37.9 Å². The average Bonchev–Trinajstić information content (AvgIpc) is 3.05. The Kier molecular flexibility index (Phi) is 36.5. The van der Waals surface area contributed by atoms with Crippen LogP contribution < -0.4 is 0 Å². The first-order valence-electron chi connectivity index (χ1n) is 19.9. The predicted octanol–water partition coefficient (Wildman–Crippen LogP) is 12.6. The first-order valence-corrected chi connectivity index (χ1v) is 19.9. The second-order valence-corrected chi connectivity index (χ2v) is 13.2. The first kappa shape index (κ1) is 44.4. The van der Waals surface area contributed by atoms with Crippen LogP contribution in [0.3, 0.4) is 0 Å². The van der Waals surface area contributed by atoms with Gasteiger partial charge >= 0.3 is 11.9 Å². The molecule has 0 spiro atoms. The molecule has 0 rings (SSSR count). The maximum Gasteiger partial charge on any atom is 0.306 e. The summed E-state index contributed by atoms with van der Waals surface area (Å²) in [7, 11) is 0. The molecule has 0 aliphatic carbocycles. The fourth-order valence-electron chi connectivity index (χ4n) is 5.42. The molecule has 5 nitrogen and oxygen atoms in total. The quantitative estimate of drug-likeness (QED) is 0.0384. The standard InChI is InChI=1S/C41H76O5/c1-4-7-10-13-16-18-20-21-23-24-26-28-31-34-40(42)45-38-39(37-44-36-33-30-15-12-9-6-3)46-41(43)35-32-29-27-25-22-19-17-14-11-8-5-2/h14,17-18,20,39H,4-13,15-16,19,21-38H2,1-3H3/b17-14-,20-18-. The van der Waals surface area contributed by atoms with Crippen LogP contribution in [0.1, 0.15) is 201 Å². The van der Waals surface area contributed by atoms with Crippen LogP contribution in [0.2, 0.25) is 0 Å². The van der Waals surface area contributed by atoms with Crippen molar-refractivity contribution < 1.29 is 23.8 Å². The smallest absolute Gasteiger partial charge is 0.306 e. The minimum atomic E-state index is -0.532. The van der Waals surface area contributed by atoms with Crippen molar-refractivity contribution in [2.45, 2.75) is 207 Å². The van der Waals surface area contributed by atoms with Crippen LogP contribution in [0.15, 0.2) is 24.3 Å². The van der Waals surface area contributed by atoms with E-state index in [0.29, 0.717) is 19.4 Å². The van der Waals surface area contributed by atoms with Crippen molar-refractivity contribution in [3.8, 4) is 0 Å². The molecule has 0 fully saturated rings. The van der Waals surface area contributed by atoms with Crippen molar-refractivity contribution in [1.29, 1.82) is 0 Å². The van der Waals surface area contributed by atoms with E-state index in [2.05, 4.69) is 45.1 Å². The summed E-state index contributed by atoms with van der Waals surface area (Å²) in [6, 6.07) is 0. The molecule has 0 amide bonds. The summed E-state index contributed by atoms with van der Waals surface area (Å²) in [6.45, 7) is 7.72. The van der Waals surface area contributed by atoms with Crippen molar-refractivity contribution in [1.82, 2.24) is 0 Å². The summed E-state index contributed by atoms with van der Waals surface area (Å²) in [5.74, 6) is -0.419. The van der Waals surface area contributed by atoms with Gasteiger partial charge in [-0.15, -0.1) is 0 Å². The van der Waals surface area contributed by atoms with Crippen molar-refractivity contribution in [2.75, 3.05) is 19.8 Å². The molecule has 0 bridgehead atoms. The second kappa shape index (κ2) is 37.8. The summed E-state index contributed by atoms with van der Waals surface area (Å²) in [6.07, 6.45) is 40.3. The summed E-state index contributed by atoms with van der Waals surface area (Å²) in [4.78, 5) is 25.0. The fourth-order valence-corrected chi connectivity index (χ4v) is 5.42. The molecule has 0 saturated carbocycles. The zero-order chi connectivity index (χ0) is 33.6. The minimum Gasteiger partial charge on any atom is -0.462 e. The Labute approximate surface area is 286 Å². The maximum atomic E-state index is 12.6. The van der Waals surface area contributed by atoms with Crippen molar-refractivity contribution in [3.63, 3.8) is 0 Å². The second-order valence-electron chi connectivity index (χ2n) is 13.2. The predicted molar refractivity (Wildman–Crippen MR) is 196 cm³/mol. The topological polar surface area (TPSA) is 61.8 Å². The Morgan fingerprint density at radius 2 is 0.870 bits per heavy atom. The molecule has 0 radical (unpaired) electrons. The van der Waals surface area contributed by atoms with E-state index in [-0.39, 0.29) is 25.2 Å². The molecular formula is C41H76O5. The third-order valence-corrected chi connectivity index (χ3v) is 8.46. The number of hydrogen-bond acceptors (Lipinski definition) is 5. The molecule has 1 unspecified atom stereocenters. The average molecular weight is 649 g/mol. The van der Waals surface area contributed by atoms with E-state index in [1.165, 1.54) is 103 Å². The van der Waals surface area contributed by atoms with Crippen molar-refractivity contribution in [2.24, 2.45) is 0 Å². The highest BCUT2D eigenvalue weighted by atomic mass is 16.6. The number of rotatable bonds is 36. The van der Waals surface area contributed by atoms with Gasteiger partial charge in [0.25, 0.3) is 0 Å². The van der Waals surface area contributed by atoms with Crippen LogP contribution in [-0.2, 0) is 23.8 Å². The van der Waals surface area contributed by atoms with Crippen LogP contribution in [0.25, 0.3) is 0 Å². The monoisotopic (exact) mass is 649 g/mol. The molecule has 0 aromatic rings. The van der Waals surface area contributed by atoms with Gasteiger partial charge in [-0.1, -0.05) is 148 Å². The van der Waals surface area contributed by atoms with E-state index < -0.39 is 6.10 Å². The van der Waals surface area contributed by atoms with Crippen LogP contribution in [0.4, 0.5) is 0 Å². The lowest BCUT2D eigenvalue weighted by Crippen LogP contribution is -2.30. The molecule has 0 heterocycles. The van der Waals surface area contributed by atoms with Crippen LogP contribution in [0.5, 0.6) is 0 Å². The first-order chi connectivity index (χ1) is 22.6. The lowest BCUT2D eigenvalue weighted by molar-refractivity contribution is -0.163. The number of carbonyl (C=O) groups excluding carboxylic acids is 2. The van der Waals surface area contributed by atoms with Gasteiger partial charge in [-0.2, -0.15) is 0 Å². The van der Waals surface area contributed by atoms with E-state index in [0.717, 1.165) is 64.2 Å². The van der Waals surface area contributed by atoms with E-state index in [1.807, 2.05) is 0 Å². The highest BCUT2D eigenvalue weighted by molar-refractivity contribution is 5.70. The summed E-state index contributed by atoms with van der Waals surface area (Å²) in [5, 5.41) is 0. The molecule has 0 aromatic heterocycles. The Morgan fingerprint density at radius 1 is 0.457 bits per heavy atom. The van der Waals surface area contributed by atoms with E-state index in [4.69, 9.17) is 14.2 Å². The van der Waals surface area contributed by atoms with E-state index >= 15 is 0 Å². The number of carbonyl (C=O) groups is 2. The van der Waals surface area contributed by atoms with Gasteiger partial charge in [-0.05, 0) is 64.2 Å². The van der Waals surface area contributed by atoms with Gasteiger partial charge in [0.2, 0.25) is 0 Å². The Morgan fingerprint density at radius 3 is 1.41 bits per heavy atom. The highest BCUT2D eigenvalue weighted by Crippen LogP contribution is 2.12. The van der Waals surface area contributed by atoms with Gasteiger partial charge in [0.1, 0.15) is 6.61 Å². The van der Waals surface area contributed by atoms with E-state index in [1.54, 1.807) is 0 Å². The van der Waals surface area contributed by atoms with Gasteiger partial charge in [0, 0.05) is 19.4 Å². The number of esters is 2. The zero-order valence-corrected chi connectivity index (χ0v) is 30.8. The number of ether oxygens (including phenoxy) is 3. The Balaban J connectivity index is 4.17. The number of unbranched alkanes of at least 4 members (excludes halogenated alkanes) is 21. The summed E-state index contributed by atoms with van der Waals surface area (Å²) >= 11 is 0. The van der Waals surface area contributed by atoms with Gasteiger partial charge in [0.05, 0.1) is 6.61 Å². The van der Waals surface area contributed by atoms with Gasteiger partial charge < -0.3 is 14.2 Å². The van der Waals surface area contributed by atoms with Crippen molar-refractivity contribution >= 4 is 11.9 Å². The van der Waals surface area contributed by atoms with Gasteiger partial charge in [-0.3, -0.25) is 9.59 Å².